The molecule has 0 aliphatic heterocycles. The van der Waals surface area contributed by atoms with Crippen LogP contribution in [0, 0.1) is 0 Å². The van der Waals surface area contributed by atoms with Crippen LogP contribution in [0.2, 0.25) is 0 Å². The fraction of sp³-hybridized carbons (Fsp3) is 0.200. The molecule has 0 aliphatic carbocycles. The van der Waals surface area contributed by atoms with E-state index >= 15 is 0 Å². The lowest BCUT2D eigenvalue weighted by molar-refractivity contribution is -0.121. The van der Waals surface area contributed by atoms with Gasteiger partial charge in [0.1, 0.15) is 5.76 Å². The van der Waals surface area contributed by atoms with Crippen LogP contribution in [0.5, 0.6) is 0 Å². The first kappa shape index (κ1) is 14.0. The smallest absolute Gasteiger partial charge is 0.227 e. The third-order valence-electron chi connectivity index (χ3n) is 2.99. The van der Waals surface area contributed by atoms with Gasteiger partial charge in [-0.25, -0.2) is 0 Å². The van der Waals surface area contributed by atoms with Crippen LogP contribution in [0.4, 0.5) is 0 Å². The first-order chi connectivity index (χ1) is 10.8. The van der Waals surface area contributed by atoms with E-state index in [-0.39, 0.29) is 12.3 Å². The predicted molar refractivity (Wildman–Crippen MR) is 76.4 cm³/mol. The van der Waals surface area contributed by atoms with Crippen molar-refractivity contribution in [1.82, 2.24) is 20.4 Å². The van der Waals surface area contributed by atoms with E-state index in [1.54, 1.807) is 36.9 Å². The maximum absolute atomic E-state index is 11.7. The number of carbonyl (C=O) groups excluding carboxylic acids is 1. The Labute approximate surface area is 126 Å². The summed E-state index contributed by atoms with van der Waals surface area (Å²) in [5.41, 5.74) is 0.778. The lowest BCUT2D eigenvalue weighted by atomic mass is 10.2. The molecule has 3 aromatic heterocycles. The monoisotopic (exact) mass is 298 g/mol. The molecule has 0 spiro atoms. The van der Waals surface area contributed by atoms with E-state index < -0.39 is 0 Å². The van der Waals surface area contributed by atoms with Crippen molar-refractivity contribution in [2.24, 2.45) is 0 Å². The van der Waals surface area contributed by atoms with Gasteiger partial charge in [-0.1, -0.05) is 5.16 Å². The van der Waals surface area contributed by atoms with E-state index in [9.17, 15) is 4.79 Å². The zero-order chi connectivity index (χ0) is 15.2. The third-order valence-corrected chi connectivity index (χ3v) is 2.99. The van der Waals surface area contributed by atoms with Crippen molar-refractivity contribution in [3.8, 4) is 11.4 Å². The highest BCUT2D eigenvalue weighted by Gasteiger charge is 2.10. The summed E-state index contributed by atoms with van der Waals surface area (Å²) in [6, 6.07) is 7.23. The lowest BCUT2D eigenvalue weighted by Gasteiger charge is -2.01. The Kier molecular flexibility index (Phi) is 4.24. The van der Waals surface area contributed by atoms with E-state index in [1.807, 2.05) is 6.07 Å². The number of pyridine rings is 1. The number of furan rings is 1. The van der Waals surface area contributed by atoms with Crippen molar-refractivity contribution < 1.29 is 13.7 Å². The number of nitrogens with one attached hydrogen (secondary N) is 1. The molecular formula is C15H14N4O3. The summed E-state index contributed by atoms with van der Waals surface area (Å²) >= 11 is 0. The highest BCUT2D eigenvalue weighted by Crippen LogP contribution is 2.14. The van der Waals surface area contributed by atoms with Gasteiger partial charge in [0.05, 0.1) is 12.8 Å². The van der Waals surface area contributed by atoms with Gasteiger partial charge in [-0.05, 0) is 24.3 Å². The molecule has 3 heterocycles. The fourth-order valence-electron chi connectivity index (χ4n) is 1.88. The van der Waals surface area contributed by atoms with Crippen molar-refractivity contribution in [2.75, 3.05) is 0 Å². The summed E-state index contributed by atoms with van der Waals surface area (Å²) in [6.45, 7) is 0.372. The van der Waals surface area contributed by atoms with Crippen LogP contribution in [0.1, 0.15) is 18.1 Å². The van der Waals surface area contributed by atoms with Crippen LogP contribution in [0.25, 0.3) is 11.4 Å². The third kappa shape index (κ3) is 3.57. The molecule has 1 N–H and O–H groups in total. The molecule has 0 aromatic carbocycles. The normalized spacial score (nSPS) is 10.5. The van der Waals surface area contributed by atoms with Crippen LogP contribution in [0.3, 0.4) is 0 Å². The van der Waals surface area contributed by atoms with Crippen molar-refractivity contribution in [2.45, 2.75) is 19.4 Å². The number of nitrogens with zero attached hydrogens (tertiary/aromatic N) is 3. The van der Waals surface area contributed by atoms with Gasteiger partial charge in [-0.2, -0.15) is 4.98 Å². The Hall–Kier alpha value is -2.96. The number of amides is 1. The highest BCUT2D eigenvalue weighted by molar-refractivity contribution is 5.75. The average Bonchev–Trinajstić information content (AvgIpc) is 3.23. The van der Waals surface area contributed by atoms with Gasteiger partial charge in [0.15, 0.2) is 0 Å². The summed E-state index contributed by atoms with van der Waals surface area (Å²) in [6.07, 6.45) is 5.56. The van der Waals surface area contributed by atoms with Gasteiger partial charge < -0.3 is 14.3 Å². The predicted octanol–water partition coefficient (Wildman–Crippen LogP) is 1.97. The van der Waals surface area contributed by atoms with Crippen LogP contribution in [-0.2, 0) is 17.8 Å². The SMILES string of the molecule is O=C(CCc1nc(-c2cccnc2)no1)NCc1ccco1. The number of hydrogen-bond acceptors (Lipinski definition) is 6. The van der Waals surface area contributed by atoms with E-state index in [2.05, 4.69) is 20.4 Å². The number of hydrogen-bond donors (Lipinski definition) is 1. The highest BCUT2D eigenvalue weighted by atomic mass is 16.5. The molecule has 0 radical (unpaired) electrons. The molecular weight excluding hydrogens is 284 g/mol. The maximum Gasteiger partial charge on any atom is 0.227 e. The zero-order valence-electron chi connectivity index (χ0n) is 11.7. The molecule has 22 heavy (non-hydrogen) atoms. The average molecular weight is 298 g/mol. The largest absolute Gasteiger partial charge is 0.467 e. The summed E-state index contributed by atoms with van der Waals surface area (Å²) in [4.78, 5) is 20.0. The Morgan fingerprint density at radius 2 is 2.23 bits per heavy atom. The first-order valence-electron chi connectivity index (χ1n) is 6.83. The Balaban J connectivity index is 1.49. The quantitative estimate of drug-likeness (QED) is 0.747. The molecule has 7 nitrogen and oxygen atoms in total. The molecule has 7 heteroatoms. The number of aryl methyl sites for hydroxylation is 1. The standard InChI is InChI=1S/C15H14N4O3/c20-13(17-10-12-4-2-8-21-12)5-6-14-18-15(19-22-14)11-3-1-7-16-9-11/h1-4,7-9H,5-6,10H2,(H,17,20). The Bertz CT molecular complexity index is 722. The van der Waals surface area contributed by atoms with E-state index in [0.29, 0.717) is 30.4 Å². The fourth-order valence-corrected chi connectivity index (χ4v) is 1.88. The maximum atomic E-state index is 11.7. The molecule has 0 aliphatic rings. The summed E-state index contributed by atoms with van der Waals surface area (Å²) in [5, 5.41) is 6.64. The molecule has 112 valence electrons. The van der Waals surface area contributed by atoms with Crippen LogP contribution in [-0.4, -0.2) is 21.0 Å². The van der Waals surface area contributed by atoms with Crippen LogP contribution < -0.4 is 5.32 Å². The minimum atomic E-state index is -0.0995. The van der Waals surface area contributed by atoms with Crippen LogP contribution >= 0.6 is 0 Å². The molecule has 3 aromatic rings. The number of aromatic nitrogens is 3. The molecule has 0 fully saturated rings. The number of carbonyl (C=O) groups is 1. The van der Waals surface area contributed by atoms with Gasteiger partial charge >= 0.3 is 0 Å². The van der Waals surface area contributed by atoms with Gasteiger partial charge in [0.25, 0.3) is 0 Å². The topological polar surface area (TPSA) is 94.0 Å². The van der Waals surface area contributed by atoms with Gasteiger partial charge in [-0.3, -0.25) is 9.78 Å². The molecule has 0 unspecified atom stereocenters. The zero-order valence-corrected chi connectivity index (χ0v) is 11.7. The minimum absolute atomic E-state index is 0.0995. The van der Waals surface area contributed by atoms with Gasteiger partial charge in [-0.15, -0.1) is 0 Å². The van der Waals surface area contributed by atoms with Gasteiger partial charge in [0, 0.05) is 30.8 Å². The summed E-state index contributed by atoms with van der Waals surface area (Å²) in [5.74, 6) is 1.51. The minimum Gasteiger partial charge on any atom is -0.467 e. The summed E-state index contributed by atoms with van der Waals surface area (Å²) in [7, 11) is 0. The van der Waals surface area contributed by atoms with E-state index in [4.69, 9.17) is 8.94 Å². The molecule has 0 atom stereocenters. The second kappa shape index (κ2) is 6.66. The first-order valence-corrected chi connectivity index (χ1v) is 6.83. The Morgan fingerprint density at radius 1 is 1.27 bits per heavy atom. The second-order valence-electron chi connectivity index (χ2n) is 4.61. The lowest BCUT2D eigenvalue weighted by Crippen LogP contribution is -2.22. The molecule has 3 rings (SSSR count). The second-order valence-corrected chi connectivity index (χ2v) is 4.61. The molecule has 0 bridgehead atoms. The van der Waals surface area contributed by atoms with Crippen LogP contribution in [0.15, 0.2) is 51.9 Å². The number of rotatable bonds is 6. The molecule has 0 saturated heterocycles. The Morgan fingerprint density at radius 3 is 3.00 bits per heavy atom. The van der Waals surface area contributed by atoms with Crippen molar-refractivity contribution in [1.29, 1.82) is 0 Å². The summed E-state index contributed by atoms with van der Waals surface area (Å²) < 4.78 is 10.3. The van der Waals surface area contributed by atoms with Crippen molar-refractivity contribution >= 4 is 5.91 Å². The van der Waals surface area contributed by atoms with Crippen molar-refractivity contribution in [3.05, 3.63) is 54.6 Å². The van der Waals surface area contributed by atoms with E-state index in [1.165, 1.54) is 0 Å². The molecule has 0 saturated carbocycles. The van der Waals surface area contributed by atoms with Crippen molar-refractivity contribution in [3.63, 3.8) is 0 Å². The van der Waals surface area contributed by atoms with E-state index in [0.717, 1.165) is 5.56 Å². The van der Waals surface area contributed by atoms with Gasteiger partial charge in [0.2, 0.25) is 17.6 Å². The molecule has 1 amide bonds.